The van der Waals surface area contributed by atoms with Crippen LogP contribution in [0.2, 0.25) is 0 Å². The van der Waals surface area contributed by atoms with Gasteiger partial charge in [0, 0.05) is 37.6 Å². The highest BCUT2D eigenvalue weighted by atomic mass is 16.6. The van der Waals surface area contributed by atoms with Crippen LogP contribution >= 0.6 is 0 Å². The monoisotopic (exact) mass is 350 g/mol. The van der Waals surface area contributed by atoms with Gasteiger partial charge in [0.2, 0.25) is 5.88 Å². The first-order chi connectivity index (χ1) is 12.5. The maximum absolute atomic E-state index is 12.5. The number of carbonyl (C=O) groups excluding carboxylic acids is 1. The summed E-state index contributed by atoms with van der Waals surface area (Å²) in [5, 5.41) is 10.6. The molecule has 0 unspecified atom stereocenters. The van der Waals surface area contributed by atoms with E-state index in [-0.39, 0.29) is 17.5 Å². The fourth-order valence-corrected chi connectivity index (χ4v) is 2.19. The minimum atomic E-state index is -0.485. The first-order valence-corrected chi connectivity index (χ1v) is 7.61. The van der Waals surface area contributed by atoms with Gasteiger partial charge in [0.1, 0.15) is 5.75 Å². The number of nitro groups is 1. The Morgan fingerprint density at radius 2 is 1.88 bits per heavy atom. The number of hydrogen-bond donors (Lipinski definition) is 0. The van der Waals surface area contributed by atoms with Crippen molar-refractivity contribution in [3.63, 3.8) is 0 Å². The van der Waals surface area contributed by atoms with Gasteiger partial charge in [0.25, 0.3) is 11.6 Å². The zero-order chi connectivity index (χ0) is 18.5. The molecule has 0 bridgehead atoms. The summed E-state index contributed by atoms with van der Waals surface area (Å²) in [6.45, 7) is 0. The molecule has 2 aromatic heterocycles. The van der Waals surface area contributed by atoms with Crippen LogP contribution in [0.5, 0.6) is 11.6 Å². The van der Waals surface area contributed by atoms with Crippen molar-refractivity contribution in [2.75, 3.05) is 11.9 Å². The average molecular weight is 350 g/mol. The van der Waals surface area contributed by atoms with Crippen LogP contribution in [0.25, 0.3) is 0 Å². The Balaban J connectivity index is 1.70. The number of rotatable bonds is 5. The number of aromatic nitrogens is 2. The van der Waals surface area contributed by atoms with Crippen molar-refractivity contribution in [3.05, 3.63) is 82.8 Å². The minimum Gasteiger partial charge on any atom is -0.439 e. The van der Waals surface area contributed by atoms with Gasteiger partial charge >= 0.3 is 0 Å². The van der Waals surface area contributed by atoms with Crippen LogP contribution in [-0.4, -0.2) is 27.8 Å². The molecule has 130 valence electrons. The maximum atomic E-state index is 12.5. The molecular weight excluding hydrogens is 336 g/mol. The van der Waals surface area contributed by atoms with Crippen molar-refractivity contribution in [3.8, 4) is 11.6 Å². The van der Waals surface area contributed by atoms with Crippen molar-refractivity contribution in [1.29, 1.82) is 0 Å². The highest BCUT2D eigenvalue weighted by molar-refractivity contribution is 6.05. The highest BCUT2D eigenvalue weighted by Crippen LogP contribution is 2.23. The SMILES string of the molecule is CN(C(=O)c1ccc(Oc2ccc([N+](=O)[O-])cc2)nc1)c1cccnc1. The Bertz CT molecular complexity index is 912. The van der Waals surface area contributed by atoms with E-state index in [1.807, 2.05) is 0 Å². The van der Waals surface area contributed by atoms with E-state index in [9.17, 15) is 14.9 Å². The van der Waals surface area contributed by atoms with Gasteiger partial charge in [-0.1, -0.05) is 0 Å². The third-order valence-electron chi connectivity index (χ3n) is 3.59. The van der Waals surface area contributed by atoms with Crippen LogP contribution < -0.4 is 9.64 Å². The number of carbonyl (C=O) groups is 1. The summed E-state index contributed by atoms with van der Waals surface area (Å²) in [4.78, 5) is 32.2. The molecule has 0 radical (unpaired) electrons. The van der Waals surface area contributed by atoms with Gasteiger partial charge in [-0.25, -0.2) is 4.98 Å². The number of nitro benzene ring substituents is 1. The predicted molar refractivity (Wildman–Crippen MR) is 94.4 cm³/mol. The average Bonchev–Trinajstić information content (AvgIpc) is 2.68. The Hall–Kier alpha value is -3.81. The zero-order valence-electron chi connectivity index (χ0n) is 13.8. The highest BCUT2D eigenvalue weighted by Gasteiger charge is 2.14. The van der Waals surface area contributed by atoms with E-state index in [0.29, 0.717) is 17.0 Å². The topological polar surface area (TPSA) is 98.5 Å². The second-order valence-corrected chi connectivity index (χ2v) is 5.31. The van der Waals surface area contributed by atoms with Gasteiger partial charge in [0.15, 0.2) is 0 Å². The van der Waals surface area contributed by atoms with Crippen LogP contribution in [0.1, 0.15) is 10.4 Å². The summed E-state index contributed by atoms with van der Waals surface area (Å²) in [5.74, 6) is 0.460. The summed E-state index contributed by atoms with van der Waals surface area (Å²) < 4.78 is 5.52. The molecule has 0 atom stereocenters. The second-order valence-electron chi connectivity index (χ2n) is 5.31. The summed E-state index contributed by atoms with van der Waals surface area (Å²) in [6, 6.07) is 12.3. The Morgan fingerprint density at radius 3 is 2.46 bits per heavy atom. The predicted octanol–water partition coefficient (Wildman–Crippen LogP) is 3.45. The quantitative estimate of drug-likeness (QED) is 0.516. The van der Waals surface area contributed by atoms with E-state index in [4.69, 9.17) is 4.74 Å². The van der Waals surface area contributed by atoms with E-state index in [1.54, 1.807) is 43.7 Å². The number of nitrogens with zero attached hydrogens (tertiary/aromatic N) is 4. The molecule has 0 fully saturated rings. The molecule has 8 nitrogen and oxygen atoms in total. The second kappa shape index (κ2) is 7.39. The normalized spacial score (nSPS) is 10.2. The summed E-state index contributed by atoms with van der Waals surface area (Å²) in [6.07, 6.45) is 4.64. The molecule has 26 heavy (non-hydrogen) atoms. The molecule has 1 amide bonds. The fourth-order valence-electron chi connectivity index (χ4n) is 2.19. The van der Waals surface area contributed by atoms with Crippen molar-refractivity contribution >= 4 is 17.3 Å². The van der Waals surface area contributed by atoms with E-state index >= 15 is 0 Å². The Labute approximate surface area is 148 Å². The van der Waals surface area contributed by atoms with E-state index < -0.39 is 4.92 Å². The number of hydrogen-bond acceptors (Lipinski definition) is 6. The van der Waals surface area contributed by atoms with E-state index in [2.05, 4.69) is 9.97 Å². The molecule has 0 aliphatic heterocycles. The summed E-state index contributed by atoms with van der Waals surface area (Å²) >= 11 is 0. The van der Waals surface area contributed by atoms with Gasteiger partial charge in [-0.3, -0.25) is 19.9 Å². The molecule has 0 spiro atoms. The number of anilines is 1. The molecule has 3 rings (SSSR count). The number of non-ortho nitro benzene ring substituents is 1. The van der Waals surface area contributed by atoms with Gasteiger partial charge in [0.05, 0.1) is 22.4 Å². The standard InChI is InChI=1S/C18H14N4O4/c1-21(15-3-2-10-19-12-15)18(23)13-4-9-17(20-11-13)26-16-7-5-14(6-8-16)22(24)25/h2-12H,1H3. The zero-order valence-corrected chi connectivity index (χ0v) is 13.8. The van der Waals surface area contributed by atoms with Crippen LogP contribution in [0.3, 0.4) is 0 Å². The van der Waals surface area contributed by atoms with Crippen molar-refractivity contribution < 1.29 is 14.5 Å². The lowest BCUT2D eigenvalue weighted by atomic mass is 10.2. The third-order valence-corrected chi connectivity index (χ3v) is 3.59. The first kappa shape index (κ1) is 17.0. The van der Waals surface area contributed by atoms with Crippen molar-refractivity contribution in [2.45, 2.75) is 0 Å². The first-order valence-electron chi connectivity index (χ1n) is 7.61. The largest absolute Gasteiger partial charge is 0.439 e. The van der Waals surface area contributed by atoms with Crippen molar-refractivity contribution in [1.82, 2.24) is 9.97 Å². The molecule has 0 saturated carbocycles. The molecule has 0 N–H and O–H groups in total. The molecule has 0 aliphatic rings. The van der Waals surface area contributed by atoms with Gasteiger partial charge in [-0.2, -0.15) is 0 Å². The smallest absolute Gasteiger partial charge is 0.269 e. The molecular formula is C18H14N4O4. The van der Waals surface area contributed by atoms with Crippen molar-refractivity contribution in [2.24, 2.45) is 0 Å². The maximum Gasteiger partial charge on any atom is 0.269 e. The summed E-state index contributed by atoms with van der Waals surface area (Å²) in [5.41, 5.74) is 1.04. The number of pyridine rings is 2. The molecule has 3 aromatic rings. The van der Waals surface area contributed by atoms with Crippen LogP contribution in [0.15, 0.2) is 67.1 Å². The van der Waals surface area contributed by atoms with E-state index in [1.165, 1.54) is 35.4 Å². The molecule has 8 heteroatoms. The number of amides is 1. The summed E-state index contributed by atoms with van der Waals surface area (Å²) in [7, 11) is 1.65. The van der Waals surface area contributed by atoms with Gasteiger partial charge < -0.3 is 9.64 Å². The van der Waals surface area contributed by atoms with Crippen LogP contribution in [0.4, 0.5) is 11.4 Å². The van der Waals surface area contributed by atoms with Gasteiger partial charge in [-0.05, 0) is 30.3 Å². The Morgan fingerprint density at radius 1 is 1.12 bits per heavy atom. The Kier molecular flexibility index (Phi) is 4.84. The lowest BCUT2D eigenvalue weighted by Crippen LogP contribution is -2.26. The lowest BCUT2D eigenvalue weighted by Gasteiger charge is -2.16. The van der Waals surface area contributed by atoms with Crippen LogP contribution in [0, 0.1) is 10.1 Å². The van der Waals surface area contributed by atoms with E-state index in [0.717, 1.165) is 0 Å². The number of benzene rings is 1. The molecule has 2 heterocycles. The molecule has 0 saturated heterocycles. The molecule has 1 aromatic carbocycles. The molecule has 0 aliphatic carbocycles. The lowest BCUT2D eigenvalue weighted by molar-refractivity contribution is -0.384. The third kappa shape index (κ3) is 3.81. The van der Waals surface area contributed by atoms with Gasteiger partial charge in [-0.15, -0.1) is 0 Å². The minimum absolute atomic E-state index is 0.0234. The number of ether oxygens (including phenoxy) is 1. The fraction of sp³-hybridized carbons (Fsp3) is 0.0556. The van der Waals surface area contributed by atoms with Crippen LogP contribution in [-0.2, 0) is 0 Å².